The number of nitrogens with zero attached hydrogens (tertiary/aromatic N) is 2. The highest BCUT2D eigenvalue weighted by molar-refractivity contribution is 7.19. The number of rotatable bonds is 5. The van der Waals surface area contributed by atoms with E-state index in [1.165, 1.54) is 16.2 Å². The van der Waals surface area contributed by atoms with E-state index < -0.39 is 0 Å². The third kappa shape index (κ3) is 4.00. The molecule has 2 aromatic carbocycles. The van der Waals surface area contributed by atoms with Gasteiger partial charge in [0.25, 0.3) is 11.5 Å². The van der Waals surface area contributed by atoms with Crippen molar-refractivity contribution in [2.45, 2.75) is 13.5 Å². The van der Waals surface area contributed by atoms with Crippen LogP contribution < -0.4 is 10.9 Å². The molecule has 0 saturated heterocycles. The molecule has 0 radical (unpaired) electrons. The molecule has 1 amide bonds. The molecule has 0 saturated carbocycles. The van der Waals surface area contributed by atoms with Crippen molar-refractivity contribution < 1.29 is 4.79 Å². The Labute approximate surface area is 192 Å². The number of hydrogen-bond donors (Lipinski definition) is 1. The van der Waals surface area contributed by atoms with E-state index in [1.807, 2.05) is 47.8 Å². The second-order valence-electron chi connectivity index (χ2n) is 7.43. The highest BCUT2D eigenvalue weighted by atomic mass is 32.1. The molecule has 0 atom stereocenters. The number of carbonyl (C=O) groups is 1. The van der Waals surface area contributed by atoms with Crippen LogP contribution in [0, 0.1) is 6.92 Å². The monoisotopic (exact) mass is 457 g/mol. The lowest BCUT2D eigenvalue weighted by Gasteiger charge is -2.08. The van der Waals surface area contributed by atoms with Gasteiger partial charge in [0.1, 0.15) is 4.83 Å². The average Bonchev–Trinajstić information content (AvgIpc) is 3.43. The van der Waals surface area contributed by atoms with Crippen molar-refractivity contribution >= 4 is 44.5 Å². The fourth-order valence-electron chi connectivity index (χ4n) is 3.52. The largest absolute Gasteiger partial charge is 0.322 e. The number of carbonyl (C=O) groups excluding carboxylic acids is 1. The van der Waals surface area contributed by atoms with Gasteiger partial charge in [0.15, 0.2) is 0 Å². The number of nitrogens with one attached hydrogen (secondary N) is 1. The molecule has 0 unspecified atom stereocenters. The van der Waals surface area contributed by atoms with Gasteiger partial charge in [-0.2, -0.15) is 0 Å². The van der Waals surface area contributed by atoms with Crippen LogP contribution in [-0.4, -0.2) is 15.5 Å². The molecule has 0 spiro atoms. The summed E-state index contributed by atoms with van der Waals surface area (Å²) in [6, 6.07) is 20.7. The van der Waals surface area contributed by atoms with Gasteiger partial charge in [0.2, 0.25) is 0 Å². The van der Waals surface area contributed by atoms with Crippen LogP contribution in [0.2, 0.25) is 0 Å². The fraction of sp³-hybridized carbons (Fsp3) is 0.0800. The third-order valence-electron chi connectivity index (χ3n) is 5.17. The third-order valence-corrected chi connectivity index (χ3v) is 7.09. The zero-order valence-corrected chi connectivity index (χ0v) is 18.9. The molecule has 5 aromatic rings. The Morgan fingerprint density at radius 2 is 1.81 bits per heavy atom. The number of anilines is 1. The maximum absolute atomic E-state index is 13.2. The quantitative estimate of drug-likeness (QED) is 0.363. The molecule has 0 fully saturated rings. The van der Waals surface area contributed by atoms with Crippen molar-refractivity contribution in [3.05, 3.63) is 105 Å². The molecule has 5 rings (SSSR count). The summed E-state index contributed by atoms with van der Waals surface area (Å²) in [5, 5.41) is 5.55. The maximum atomic E-state index is 13.2. The number of amides is 1. The van der Waals surface area contributed by atoms with Crippen LogP contribution in [0.15, 0.2) is 83.2 Å². The number of fused-ring (bicyclic) bond motifs is 1. The van der Waals surface area contributed by atoms with Crippen LogP contribution in [0.1, 0.15) is 20.8 Å². The predicted molar refractivity (Wildman–Crippen MR) is 132 cm³/mol. The number of thiophene rings is 2. The van der Waals surface area contributed by atoms with E-state index in [4.69, 9.17) is 0 Å². The summed E-state index contributed by atoms with van der Waals surface area (Å²) in [7, 11) is 0. The van der Waals surface area contributed by atoms with Gasteiger partial charge in [0, 0.05) is 31.9 Å². The molecule has 1 N–H and O–H groups in total. The van der Waals surface area contributed by atoms with Gasteiger partial charge in [0.05, 0.1) is 18.3 Å². The summed E-state index contributed by atoms with van der Waals surface area (Å²) in [6.07, 6.45) is 1.60. The van der Waals surface area contributed by atoms with Gasteiger partial charge in [-0.3, -0.25) is 14.2 Å². The Morgan fingerprint density at radius 1 is 1.03 bits per heavy atom. The Hall–Kier alpha value is -3.55. The number of para-hydroxylation sites is 1. The standard InChI is InChI=1S/C25H19N3O2S2/c1-16-7-12-21(32-16)20-14-31-24-22(20)25(30)28(15-26-24)13-17-8-10-18(11-9-17)23(29)27-19-5-3-2-4-6-19/h2-12,14-15H,13H2,1H3,(H,27,29). The second kappa shape index (κ2) is 8.53. The highest BCUT2D eigenvalue weighted by Crippen LogP contribution is 2.34. The van der Waals surface area contributed by atoms with E-state index >= 15 is 0 Å². The normalized spacial score (nSPS) is 11.0. The molecular formula is C25H19N3O2S2. The summed E-state index contributed by atoms with van der Waals surface area (Å²) >= 11 is 3.17. The fourth-order valence-corrected chi connectivity index (χ4v) is 5.39. The number of aryl methyl sites for hydroxylation is 1. The maximum Gasteiger partial charge on any atom is 0.263 e. The second-order valence-corrected chi connectivity index (χ2v) is 9.58. The zero-order chi connectivity index (χ0) is 22.1. The molecule has 0 bridgehead atoms. The van der Waals surface area contributed by atoms with Crippen LogP contribution in [0.25, 0.3) is 20.7 Å². The van der Waals surface area contributed by atoms with E-state index in [1.54, 1.807) is 34.4 Å². The molecule has 5 nitrogen and oxygen atoms in total. The number of hydrogen-bond acceptors (Lipinski definition) is 5. The van der Waals surface area contributed by atoms with Gasteiger partial charge in [-0.25, -0.2) is 4.98 Å². The van der Waals surface area contributed by atoms with Crippen LogP contribution >= 0.6 is 22.7 Å². The van der Waals surface area contributed by atoms with Crippen LogP contribution in [0.3, 0.4) is 0 Å². The van der Waals surface area contributed by atoms with E-state index in [0.717, 1.165) is 26.5 Å². The van der Waals surface area contributed by atoms with Gasteiger partial charge in [-0.1, -0.05) is 30.3 Å². The molecule has 0 aliphatic carbocycles. The van der Waals surface area contributed by atoms with E-state index in [2.05, 4.69) is 29.4 Å². The first-order valence-electron chi connectivity index (χ1n) is 10.1. The van der Waals surface area contributed by atoms with Crippen molar-refractivity contribution in [2.24, 2.45) is 0 Å². The average molecular weight is 458 g/mol. The number of benzene rings is 2. The van der Waals surface area contributed by atoms with Crippen LogP contribution in [0.4, 0.5) is 5.69 Å². The van der Waals surface area contributed by atoms with Crippen molar-refractivity contribution in [3.8, 4) is 10.4 Å². The number of aromatic nitrogens is 2. The van der Waals surface area contributed by atoms with Crippen molar-refractivity contribution in [1.29, 1.82) is 0 Å². The lowest BCUT2D eigenvalue weighted by molar-refractivity contribution is 0.102. The Bertz CT molecular complexity index is 1460. The first-order chi connectivity index (χ1) is 15.6. The molecular weight excluding hydrogens is 438 g/mol. The molecule has 3 aromatic heterocycles. The molecule has 7 heteroatoms. The molecule has 0 aliphatic heterocycles. The molecule has 0 aliphatic rings. The van der Waals surface area contributed by atoms with Gasteiger partial charge in [-0.05, 0) is 48.9 Å². The first-order valence-corrected chi connectivity index (χ1v) is 11.8. The Morgan fingerprint density at radius 3 is 2.53 bits per heavy atom. The van der Waals surface area contributed by atoms with E-state index in [-0.39, 0.29) is 11.5 Å². The van der Waals surface area contributed by atoms with Gasteiger partial charge >= 0.3 is 0 Å². The minimum Gasteiger partial charge on any atom is -0.322 e. The minimum absolute atomic E-state index is 0.0526. The van der Waals surface area contributed by atoms with Crippen LogP contribution in [0.5, 0.6) is 0 Å². The van der Waals surface area contributed by atoms with Crippen LogP contribution in [-0.2, 0) is 6.54 Å². The first kappa shape index (κ1) is 20.4. The van der Waals surface area contributed by atoms with Crippen molar-refractivity contribution in [2.75, 3.05) is 5.32 Å². The van der Waals surface area contributed by atoms with Crippen molar-refractivity contribution in [3.63, 3.8) is 0 Å². The minimum atomic E-state index is -0.169. The predicted octanol–water partition coefficient (Wildman–Crippen LogP) is 5.80. The summed E-state index contributed by atoms with van der Waals surface area (Å²) in [6.45, 7) is 2.45. The Balaban J connectivity index is 1.39. The molecule has 158 valence electrons. The van der Waals surface area contributed by atoms with E-state index in [0.29, 0.717) is 17.5 Å². The van der Waals surface area contributed by atoms with E-state index in [9.17, 15) is 9.59 Å². The zero-order valence-electron chi connectivity index (χ0n) is 17.2. The summed E-state index contributed by atoms with van der Waals surface area (Å²) in [4.78, 5) is 33.2. The Kier molecular flexibility index (Phi) is 5.43. The van der Waals surface area contributed by atoms with Gasteiger partial charge in [-0.15, -0.1) is 22.7 Å². The topological polar surface area (TPSA) is 64.0 Å². The highest BCUT2D eigenvalue weighted by Gasteiger charge is 2.15. The lowest BCUT2D eigenvalue weighted by Crippen LogP contribution is -2.21. The van der Waals surface area contributed by atoms with Crippen molar-refractivity contribution in [1.82, 2.24) is 9.55 Å². The molecule has 32 heavy (non-hydrogen) atoms. The summed E-state index contributed by atoms with van der Waals surface area (Å²) in [5.41, 5.74) is 3.13. The smallest absolute Gasteiger partial charge is 0.263 e. The summed E-state index contributed by atoms with van der Waals surface area (Å²) in [5.74, 6) is -0.169. The summed E-state index contributed by atoms with van der Waals surface area (Å²) < 4.78 is 1.62. The van der Waals surface area contributed by atoms with Gasteiger partial charge < -0.3 is 5.32 Å². The molecule has 3 heterocycles. The lowest BCUT2D eigenvalue weighted by atomic mass is 10.1. The SMILES string of the molecule is Cc1ccc(-c2csc3ncn(Cc4ccc(C(=O)Nc5ccccc5)cc4)c(=O)c23)s1.